The number of piperidine rings is 2. The molecule has 0 aliphatic carbocycles. The zero-order valence-electron chi connectivity index (χ0n) is 13.6. The highest BCUT2D eigenvalue weighted by Crippen LogP contribution is 2.26. The van der Waals surface area contributed by atoms with E-state index in [1.165, 1.54) is 64.8 Å². The number of rotatable bonds is 3. The topological polar surface area (TPSA) is 6.48 Å². The lowest BCUT2D eigenvalue weighted by Crippen LogP contribution is -2.48. The van der Waals surface area contributed by atoms with Crippen molar-refractivity contribution in [2.24, 2.45) is 11.8 Å². The van der Waals surface area contributed by atoms with Gasteiger partial charge in [0.2, 0.25) is 0 Å². The molecule has 2 saturated heterocycles. The maximum absolute atomic E-state index is 2.74. The zero-order valence-corrected chi connectivity index (χ0v) is 13.6. The third-order valence-electron chi connectivity index (χ3n) is 5.36. The minimum absolute atomic E-state index is 0.366. The Hall–Kier alpha value is -0.0800. The second-order valence-corrected chi connectivity index (χ2v) is 7.75. The summed E-state index contributed by atoms with van der Waals surface area (Å²) in [5.41, 5.74) is 0.366. The summed E-state index contributed by atoms with van der Waals surface area (Å²) in [5.74, 6) is 1.97. The van der Waals surface area contributed by atoms with Gasteiger partial charge in [-0.05, 0) is 84.5 Å². The van der Waals surface area contributed by atoms with E-state index in [1.807, 2.05) is 0 Å². The van der Waals surface area contributed by atoms with Gasteiger partial charge in [-0.2, -0.15) is 0 Å². The van der Waals surface area contributed by atoms with Crippen molar-refractivity contribution in [1.29, 1.82) is 0 Å². The molecule has 2 rings (SSSR count). The number of likely N-dealkylation sites (tertiary alicyclic amines) is 2. The van der Waals surface area contributed by atoms with Crippen molar-refractivity contribution >= 4 is 0 Å². The summed E-state index contributed by atoms with van der Waals surface area (Å²) in [6, 6.07) is 0. The van der Waals surface area contributed by atoms with Crippen molar-refractivity contribution in [3.63, 3.8) is 0 Å². The van der Waals surface area contributed by atoms with Gasteiger partial charge in [-0.15, -0.1) is 0 Å². The molecule has 0 atom stereocenters. The molecule has 0 amide bonds. The average Bonchev–Trinajstić information content (AvgIpc) is 2.39. The Morgan fingerprint density at radius 1 is 0.842 bits per heavy atom. The Balaban J connectivity index is 1.69. The molecule has 0 aromatic rings. The van der Waals surface area contributed by atoms with Gasteiger partial charge >= 0.3 is 0 Å². The number of nitrogens with zero attached hydrogens (tertiary/aromatic N) is 2. The number of hydrogen-bond donors (Lipinski definition) is 0. The molecule has 0 saturated carbocycles. The Morgan fingerprint density at radius 2 is 1.37 bits per heavy atom. The fourth-order valence-electron chi connectivity index (χ4n) is 3.73. The Kier molecular flexibility index (Phi) is 5.30. The number of hydrogen-bond acceptors (Lipinski definition) is 2. The molecule has 19 heavy (non-hydrogen) atoms. The van der Waals surface area contributed by atoms with Crippen molar-refractivity contribution in [3.05, 3.63) is 0 Å². The van der Waals surface area contributed by atoms with Gasteiger partial charge in [-0.25, -0.2) is 0 Å². The molecule has 0 unspecified atom stereocenters. The van der Waals surface area contributed by atoms with E-state index >= 15 is 0 Å². The summed E-state index contributed by atoms with van der Waals surface area (Å²) in [6.45, 7) is 16.1. The molecule has 2 fully saturated rings. The molecule has 0 N–H and O–H groups in total. The fraction of sp³-hybridized carbons (Fsp3) is 1.00. The minimum Gasteiger partial charge on any atom is -0.303 e. The van der Waals surface area contributed by atoms with Crippen LogP contribution in [0.1, 0.15) is 59.8 Å². The monoisotopic (exact) mass is 266 g/mol. The van der Waals surface area contributed by atoms with E-state index in [0.29, 0.717) is 5.54 Å². The summed E-state index contributed by atoms with van der Waals surface area (Å²) in [6.07, 6.45) is 7.09. The lowest BCUT2D eigenvalue weighted by atomic mass is 9.90. The fourth-order valence-corrected chi connectivity index (χ4v) is 3.73. The molecule has 2 nitrogen and oxygen atoms in total. The largest absolute Gasteiger partial charge is 0.303 e. The zero-order chi connectivity index (χ0) is 13.9. The van der Waals surface area contributed by atoms with Crippen LogP contribution in [0.3, 0.4) is 0 Å². The summed E-state index contributed by atoms with van der Waals surface area (Å²) >= 11 is 0. The Morgan fingerprint density at radius 3 is 1.84 bits per heavy atom. The van der Waals surface area contributed by atoms with Crippen molar-refractivity contribution in [2.45, 2.75) is 65.3 Å². The predicted molar refractivity (Wildman–Crippen MR) is 83.5 cm³/mol. The van der Waals surface area contributed by atoms with E-state index in [-0.39, 0.29) is 0 Å². The van der Waals surface area contributed by atoms with E-state index < -0.39 is 0 Å². The molecule has 2 aliphatic rings. The molecule has 2 aliphatic heterocycles. The van der Waals surface area contributed by atoms with Crippen LogP contribution in [-0.4, -0.2) is 48.1 Å². The summed E-state index contributed by atoms with van der Waals surface area (Å²) < 4.78 is 0. The standard InChI is InChI=1S/C17H34N2/c1-5-15-6-10-18(11-7-15)14-16-8-12-19(13-9-16)17(2,3)4/h15-16H,5-14H2,1-4H3. The lowest BCUT2D eigenvalue weighted by molar-refractivity contribution is 0.0675. The molecule has 112 valence electrons. The van der Waals surface area contributed by atoms with Crippen molar-refractivity contribution in [1.82, 2.24) is 9.80 Å². The van der Waals surface area contributed by atoms with Gasteiger partial charge in [0, 0.05) is 12.1 Å². The highest BCUT2D eigenvalue weighted by Gasteiger charge is 2.28. The third-order valence-corrected chi connectivity index (χ3v) is 5.36. The minimum atomic E-state index is 0.366. The van der Waals surface area contributed by atoms with Gasteiger partial charge in [-0.3, -0.25) is 4.90 Å². The second-order valence-electron chi connectivity index (χ2n) is 7.75. The van der Waals surface area contributed by atoms with Crippen LogP contribution in [0.5, 0.6) is 0 Å². The summed E-state index contributed by atoms with van der Waals surface area (Å²) in [4.78, 5) is 5.40. The van der Waals surface area contributed by atoms with Gasteiger partial charge in [-0.1, -0.05) is 13.3 Å². The Labute approximate surface area is 120 Å². The summed E-state index contributed by atoms with van der Waals surface area (Å²) in [5, 5.41) is 0. The molecule has 0 aromatic carbocycles. The normalized spacial score (nSPS) is 25.9. The first-order valence-electron chi connectivity index (χ1n) is 8.46. The van der Waals surface area contributed by atoms with Crippen molar-refractivity contribution < 1.29 is 0 Å². The average molecular weight is 266 g/mol. The first-order chi connectivity index (χ1) is 8.99. The lowest BCUT2D eigenvalue weighted by Gasteiger charge is -2.42. The van der Waals surface area contributed by atoms with Crippen LogP contribution < -0.4 is 0 Å². The van der Waals surface area contributed by atoms with Crippen LogP contribution in [0.4, 0.5) is 0 Å². The molecule has 0 aromatic heterocycles. The van der Waals surface area contributed by atoms with Gasteiger partial charge in [0.05, 0.1) is 0 Å². The maximum Gasteiger partial charge on any atom is 0.0125 e. The van der Waals surface area contributed by atoms with E-state index in [9.17, 15) is 0 Å². The first-order valence-corrected chi connectivity index (χ1v) is 8.46. The first kappa shape index (κ1) is 15.3. The predicted octanol–water partition coefficient (Wildman–Crippen LogP) is 3.62. The van der Waals surface area contributed by atoms with Crippen LogP contribution in [0, 0.1) is 11.8 Å². The van der Waals surface area contributed by atoms with E-state index in [2.05, 4.69) is 37.5 Å². The van der Waals surface area contributed by atoms with E-state index in [4.69, 9.17) is 0 Å². The molecule has 0 spiro atoms. The summed E-state index contributed by atoms with van der Waals surface area (Å²) in [7, 11) is 0. The van der Waals surface area contributed by atoms with Gasteiger partial charge in [0.1, 0.15) is 0 Å². The highest BCUT2D eigenvalue weighted by atomic mass is 15.2. The van der Waals surface area contributed by atoms with E-state index in [0.717, 1.165) is 11.8 Å². The highest BCUT2D eigenvalue weighted by molar-refractivity contribution is 4.83. The van der Waals surface area contributed by atoms with Crippen molar-refractivity contribution in [2.75, 3.05) is 32.7 Å². The molecular weight excluding hydrogens is 232 g/mol. The molecule has 0 radical (unpaired) electrons. The van der Waals surface area contributed by atoms with Crippen LogP contribution in [0.15, 0.2) is 0 Å². The Bertz CT molecular complexity index is 253. The second kappa shape index (κ2) is 6.58. The molecule has 2 heterocycles. The third kappa shape index (κ3) is 4.46. The molecule has 0 bridgehead atoms. The quantitative estimate of drug-likeness (QED) is 0.770. The molecular formula is C17H34N2. The van der Waals surface area contributed by atoms with Crippen LogP contribution in [-0.2, 0) is 0 Å². The van der Waals surface area contributed by atoms with Crippen LogP contribution >= 0.6 is 0 Å². The van der Waals surface area contributed by atoms with Gasteiger partial charge in [0.15, 0.2) is 0 Å². The van der Waals surface area contributed by atoms with E-state index in [1.54, 1.807) is 0 Å². The van der Waals surface area contributed by atoms with Crippen LogP contribution in [0.2, 0.25) is 0 Å². The molecule has 2 heteroatoms. The smallest absolute Gasteiger partial charge is 0.0125 e. The maximum atomic E-state index is 2.74. The van der Waals surface area contributed by atoms with Gasteiger partial charge < -0.3 is 4.90 Å². The van der Waals surface area contributed by atoms with Crippen molar-refractivity contribution in [3.8, 4) is 0 Å². The SMILES string of the molecule is CCC1CCN(CC2CCN(C(C)(C)C)CC2)CC1. The van der Waals surface area contributed by atoms with Gasteiger partial charge in [0.25, 0.3) is 0 Å². The van der Waals surface area contributed by atoms with Crippen LogP contribution in [0.25, 0.3) is 0 Å².